The number of fused-ring (bicyclic) bond motifs is 1. The molecule has 2 N–H and O–H groups in total. The number of nitrogens with one attached hydrogen (secondary N) is 1. The average Bonchev–Trinajstić information content (AvgIpc) is 2.57. The maximum absolute atomic E-state index is 9.49. The number of ether oxygens (including phenoxy) is 1. The Morgan fingerprint density at radius 2 is 2.26 bits per heavy atom. The van der Waals surface area contributed by atoms with Crippen molar-refractivity contribution in [3.05, 3.63) is 28.2 Å². The third-order valence-corrected chi connectivity index (χ3v) is 4.16. The summed E-state index contributed by atoms with van der Waals surface area (Å²) in [5.41, 5.74) is 1.19. The van der Waals surface area contributed by atoms with Gasteiger partial charge < -0.3 is 15.2 Å². The van der Waals surface area contributed by atoms with Crippen LogP contribution in [0.15, 0.2) is 22.7 Å². The van der Waals surface area contributed by atoms with Crippen molar-refractivity contribution in [1.29, 1.82) is 0 Å². The molecule has 0 amide bonds. The summed E-state index contributed by atoms with van der Waals surface area (Å²) in [6.45, 7) is 5.18. The molecule has 4 heteroatoms. The molecule has 19 heavy (non-hydrogen) atoms. The number of hydrogen-bond donors (Lipinski definition) is 2. The van der Waals surface area contributed by atoms with Crippen LogP contribution >= 0.6 is 15.9 Å². The lowest BCUT2D eigenvalue weighted by Crippen LogP contribution is -2.39. The SMILES string of the molecule is CC(C)[C@@H](CO)NC1CCCOc2cc(Br)ccc21. The topological polar surface area (TPSA) is 41.5 Å². The van der Waals surface area contributed by atoms with E-state index in [0.717, 1.165) is 29.7 Å². The Kier molecular flexibility index (Phi) is 5.25. The summed E-state index contributed by atoms with van der Waals surface area (Å²) in [5, 5.41) is 13.1. The molecule has 0 saturated carbocycles. The third kappa shape index (κ3) is 3.71. The summed E-state index contributed by atoms with van der Waals surface area (Å²) < 4.78 is 6.84. The summed E-state index contributed by atoms with van der Waals surface area (Å²) in [6, 6.07) is 6.56. The van der Waals surface area contributed by atoms with Crippen molar-refractivity contribution < 1.29 is 9.84 Å². The van der Waals surface area contributed by atoms with Crippen molar-refractivity contribution in [1.82, 2.24) is 5.32 Å². The first-order valence-electron chi connectivity index (χ1n) is 6.91. The van der Waals surface area contributed by atoms with E-state index in [-0.39, 0.29) is 18.7 Å². The van der Waals surface area contributed by atoms with Gasteiger partial charge >= 0.3 is 0 Å². The van der Waals surface area contributed by atoms with E-state index in [0.29, 0.717) is 5.92 Å². The fourth-order valence-electron chi connectivity index (χ4n) is 2.43. The zero-order valence-electron chi connectivity index (χ0n) is 11.5. The highest BCUT2D eigenvalue weighted by Crippen LogP contribution is 2.34. The molecule has 0 bridgehead atoms. The van der Waals surface area contributed by atoms with Crippen molar-refractivity contribution in [3.63, 3.8) is 0 Å². The van der Waals surface area contributed by atoms with Gasteiger partial charge in [0.15, 0.2) is 0 Å². The largest absolute Gasteiger partial charge is 0.493 e. The maximum atomic E-state index is 9.49. The Bertz CT molecular complexity index is 423. The van der Waals surface area contributed by atoms with Crippen LogP contribution in [-0.2, 0) is 0 Å². The van der Waals surface area contributed by atoms with E-state index in [4.69, 9.17) is 4.74 Å². The van der Waals surface area contributed by atoms with E-state index < -0.39 is 0 Å². The van der Waals surface area contributed by atoms with Crippen molar-refractivity contribution in [2.45, 2.75) is 38.8 Å². The van der Waals surface area contributed by atoms with Gasteiger partial charge in [0.05, 0.1) is 13.2 Å². The summed E-state index contributed by atoms with van der Waals surface area (Å²) in [5.74, 6) is 1.36. The molecule has 3 nitrogen and oxygen atoms in total. The first-order chi connectivity index (χ1) is 9.11. The van der Waals surface area contributed by atoms with Crippen molar-refractivity contribution in [2.75, 3.05) is 13.2 Å². The minimum absolute atomic E-state index is 0.125. The molecule has 0 spiro atoms. The van der Waals surface area contributed by atoms with Gasteiger partial charge in [0.1, 0.15) is 5.75 Å². The second kappa shape index (κ2) is 6.73. The van der Waals surface area contributed by atoms with E-state index in [9.17, 15) is 5.11 Å². The van der Waals surface area contributed by atoms with E-state index in [1.165, 1.54) is 5.56 Å². The highest BCUT2D eigenvalue weighted by molar-refractivity contribution is 9.10. The van der Waals surface area contributed by atoms with Crippen LogP contribution < -0.4 is 10.1 Å². The highest BCUT2D eigenvalue weighted by atomic mass is 79.9. The van der Waals surface area contributed by atoms with Crippen LogP contribution in [0.1, 0.15) is 38.3 Å². The van der Waals surface area contributed by atoms with Gasteiger partial charge in [0, 0.05) is 22.1 Å². The lowest BCUT2D eigenvalue weighted by molar-refractivity contribution is 0.196. The molecule has 1 aliphatic rings. The number of benzene rings is 1. The van der Waals surface area contributed by atoms with Gasteiger partial charge in [-0.15, -0.1) is 0 Å². The summed E-state index contributed by atoms with van der Waals surface area (Å²) in [4.78, 5) is 0. The molecule has 1 unspecified atom stereocenters. The number of aliphatic hydroxyl groups excluding tert-OH is 1. The Balaban J connectivity index is 2.21. The molecule has 106 valence electrons. The van der Waals surface area contributed by atoms with Crippen molar-refractivity contribution in [2.24, 2.45) is 5.92 Å². The second-order valence-electron chi connectivity index (χ2n) is 5.43. The Hall–Kier alpha value is -0.580. The molecule has 2 atom stereocenters. The molecule has 1 aliphatic heterocycles. The van der Waals surface area contributed by atoms with Crippen LogP contribution in [0.4, 0.5) is 0 Å². The Labute approximate surface area is 123 Å². The van der Waals surface area contributed by atoms with Crippen LogP contribution in [0.5, 0.6) is 5.75 Å². The van der Waals surface area contributed by atoms with Gasteiger partial charge in [0.2, 0.25) is 0 Å². The van der Waals surface area contributed by atoms with Gasteiger partial charge in [0.25, 0.3) is 0 Å². The normalized spacial score (nSPS) is 20.6. The Morgan fingerprint density at radius 3 is 2.95 bits per heavy atom. The molecule has 0 aliphatic carbocycles. The number of halogens is 1. The number of aliphatic hydroxyl groups is 1. The van der Waals surface area contributed by atoms with Gasteiger partial charge in [-0.05, 0) is 30.9 Å². The fourth-order valence-corrected chi connectivity index (χ4v) is 2.77. The molecule has 0 saturated heterocycles. The minimum Gasteiger partial charge on any atom is -0.493 e. The molecule has 0 fully saturated rings. The van der Waals surface area contributed by atoms with E-state index in [1.54, 1.807) is 0 Å². The van der Waals surface area contributed by atoms with E-state index in [2.05, 4.69) is 41.2 Å². The molecule has 0 aromatic heterocycles. The van der Waals surface area contributed by atoms with Crippen LogP contribution in [0.2, 0.25) is 0 Å². The smallest absolute Gasteiger partial charge is 0.125 e. The zero-order valence-corrected chi connectivity index (χ0v) is 13.1. The van der Waals surface area contributed by atoms with E-state index >= 15 is 0 Å². The first-order valence-corrected chi connectivity index (χ1v) is 7.70. The highest BCUT2D eigenvalue weighted by Gasteiger charge is 2.23. The van der Waals surface area contributed by atoms with Crippen molar-refractivity contribution >= 4 is 15.9 Å². The quantitative estimate of drug-likeness (QED) is 0.891. The summed E-state index contributed by atoms with van der Waals surface area (Å²) >= 11 is 3.48. The van der Waals surface area contributed by atoms with Crippen LogP contribution in [0.3, 0.4) is 0 Å². The van der Waals surface area contributed by atoms with Crippen LogP contribution in [0, 0.1) is 5.92 Å². The zero-order chi connectivity index (χ0) is 13.8. The standard InChI is InChI=1S/C15H22BrNO2/c1-10(2)14(9-18)17-13-4-3-7-19-15-8-11(16)5-6-12(13)15/h5-6,8,10,13-14,17-18H,3-4,7,9H2,1-2H3/t13?,14-/m1/s1. The lowest BCUT2D eigenvalue weighted by Gasteiger charge is -2.27. The molecular weight excluding hydrogens is 306 g/mol. The van der Waals surface area contributed by atoms with E-state index in [1.807, 2.05) is 12.1 Å². The Morgan fingerprint density at radius 1 is 1.47 bits per heavy atom. The third-order valence-electron chi connectivity index (χ3n) is 3.66. The van der Waals surface area contributed by atoms with Gasteiger partial charge in [-0.25, -0.2) is 0 Å². The molecule has 0 radical (unpaired) electrons. The lowest BCUT2D eigenvalue weighted by atomic mass is 9.98. The molecule has 1 aromatic rings. The second-order valence-corrected chi connectivity index (χ2v) is 6.34. The molecule has 2 rings (SSSR count). The fraction of sp³-hybridized carbons (Fsp3) is 0.600. The minimum atomic E-state index is 0.125. The molecular formula is C15H22BrNO2. The van der Waals surface area contributed by atoms with Crippen LogP contribution in [0.25, 0.3) is 0 Å². The first kappa shape index (κ1) is 14.8. The summed E-state index contributed by atoms with van der Waals surface area (Å²) in [6.07, 6.45) is 2.07. The average molecular weight is 328 g/mol. The predicted molar refractivity (Wildman–Crippen MR) is 80.5 cm³/mol. The summed E-state index contributed by atoms with van der Waals surface area (Å²) in [7, 11) is 0. The molecule has 1 aromatic carbocycles. The number of rotatable bonds is 4. The van der Waals surface area contributed by atoms with Crippen molar-refractivity contribution in [3.8, 4) is 5.75 Å². The monoisotopic (exact) mass is 327 g/mol. The van der Waals surface area contributed by atoms with Crippen LogP contribution in [-0.4, -0.2) is 24.4 Å². The number of hydrogen-bond acceptors (Lipinski definition) is 3. The van der Waals surface area contributed by atoms with Gasteiger partial charge in [-0.3, -0.25) is 0 Å². The molecule has 1 heterocycles. The predicted octanol–water partition coefficient (Wildman–Crippen LogP) is 3.27. The van der Waals surface area contributed by atoms with Gasteiger partial charge in [-0.1, -0.05) is 35.8 Å². The maximum Gasteiger partial charge on any atom is 0.125 e. The van der Waals surface area contributed by atoms with Gasteiger partial charge in [-0.2, -0.15) is 0 Å².